The van der Waals surface area contributed by atoms with Crippen LogP contribution < -0.4 is 16.0 Å². The number of hydrogen-bond donors (Lipinski definition) is 3. The molecule has 0 aliphatic carbocycles. The number of ether oxygens (including phenoxy) is 4. The van der Waals surface area contributed by atoms with Crippen LogP contribution in [0.4, 0.5) is 0 Å². The minimum absolute atomic E-state index is 0.0775. The molecule has 278 valence electrons. The topological polar surface area (TPSA) is 188 Å². The monoisotopic (exact) mass is 694 g/mol. The van der Waals surface area contributed by atoms with E-state index >= 15 is 0 Å². The Bertz CT molecular complexity index is 1080. The first-order valence-electron chi connectivity index (χ1n) is 17.6. The van der Waals surface area contributed by atoms with Gasteiger partial charge in [0.1, 0.15) is 24.8 Å². The number of nitrogens with zero attached hydrogens (tertiary/aromatic N) is 1. The van der Waals surface area contributed by atoms with Gasteiger partial charge < -0.3 is 34.9 Å². The number of carbonyl (C=O) groups is 6. The minimum Gasteiger partial charge on any atom is -0.379 e. The highest BCUT2D eigenvalue weighted by Crippen LogP contribution is 2.19. The molecule has 0 fully saturated rings. The third kappa shape index (κ3) is 23.6. The van der Waals surface area contributed by atoms with Gasteiger partial charge in [-0.3, -0.25) is 33.8 Å². The molecule has 0 aromatic heterocycles. The van der Waals surface area contributed by atoms with Gasteiger partial charge in [-0.2, -0.15) is 0 Å². The van der Waals surface area contributed by atoms with Crippen LogP contribution in [0.2, 0.25) is 0 Å². The van der Waals surface area contributed by atoms with Gasteiger partial charge in [0.2, 0.25) is 17.7 Å². The summed E-state index contributed by atoms with van der Waals surface area (Å²) in [7, 11) is 0. The Morgan fingerprint density at radius 3 is 2.00 bits per heavy atom. The van der Waals surface area contributed by atoms with Crippen molar-refractivity contribution in [3.63, 3.8) is 0 Å². The highest BCUT2D eigenvalue weighted by Gasteiger charge is 2.21. The van der Waals surface area contributed by atoms with Gasteiger partial charge in [0, 0.05) is 76.6 Å². The summed E-state index contributed by atoms with van der Waals surface area (Å²) in [6.45, 7) is 7.84. The number of rotatable bonds is 32. The zero-order valence-corrected chi connectivity index (χ0v) is 29.7. The van der Waals surface area contributed by atoms with Crippen LogP contribution in [0.3, 0.4) is 0 Å². The van der Waals surface area contributed by atoms with E-state index in [1.807, 2.05) is 13.8 Å². The van der Waals surface area contributed by atoms with Crippen molar-refractivity contribution in [1.29, 1.82) is 0 Å². The van der Waals surface area contributed by atoms with E-state index in [0.717, 1.165) is 12.0 Å². The average Bonchev–Trinajstić information content (AvgIpc) is 3.60. The molecule has 1 heterocycles. The van der Waals surface area contributed by atoms with E-state index in [2.05, 4.69) is 20.9 Å². The Morgan fingerprint density at radius 2 is 1.37 bits per heavy atom. The van der Waals surface area contributed by atoms with E-state index in [4.69, 9.17) is 18.9 Å². The van der Waals surface area contributed by atoms with Crippen LogP contribution in [0, 0.1) is 5.92 Å². The summed E-state index contributed by atoms with van der Waals surface area (Å²) in [5.41, 5.74) is 0.909. The molecular formula is C35H58N4O10. The Hall–Kier alpha value is -3.33. The number of aliphatic imine (C=N–C) groups is 1. The number of nitrogens with one attached hydrogen (secondary N) is 3. The molecule has 1 aliphatic rings. The SMILES string of the molecule is CCC(=O)CCCOCCOCC(=O)NCCOCCOCC(=O)NCCCC[C@H](CCC(=O)C(C)NC(=O)CC1=CN=CC1)C(=O)CC. The van der Waals surface area contributed by atoms with Crippen molar-refractivity contribution in [2.75, 3.05) is 65.9 Å². The second-order valence-corrected chi connectivity index (χ2v) is 11.8. The lowest BCUT2D eigenvalue weighted by molar-refractivity contribution is -0.128. The van der Waals surface area contributed by atoms with Crippen LogP contribution >= 0.6 is 0 Å². The summed E-state index contributed by atoms with van der Waals surface area (Å²) >= 11 is 0. The van der Waals surface area contributed by atoms with Crippen molar-refractivity contribution in [3.05, 3.63) is 11.8 Å². The van der Waals surface area contributed by atoms with Crippen LogP contribution in [0.1, 0.15) is 91.4 Å². The molecule has 0 aromatic carbocycles. The lowest BCUT2D eigenvalue weighted by Gasteiger charge is -2.17. The molecule has 0 aromatic rings. The van der Waals surface area contributed by atoms with Gasteiger partial charge in [-0.25, -0.2) is 0 Å². The normalized spacial score (nSPS) is 13.4. The molecule has 0 spiro atoms. The Kier molecular flexibility index (Phi) is 25.4. The van der Waals surface area contributed by atoms with Crippen LogP contribution in [0.25, 0.3) is 0 Å². The van der Waals surface area contributed by atoms with Crippen LogP contribution in [0.5, 0.6) is 0 Å². The predicted molar refractivity (Wildman–Crippen MR) is 184 cm³/mol. The molecule has 14 heteroatoms. The summed E-state index contributed by atoms with van der Waals surface area (Å²) in [5, 5.41) is 8.22. The molecule has 3 N–H and O–H groups in total. The molecule has 14 nitrogen and oxygen atoms in total. The van der Waals surface area contributed by atoms with Crippen molar-refractivity contribution in [3.8, 4) is 0 Å². The van der Waals surface area contributed by atoms with Crippen molar-refractivity contribution >= 4 is 41.3 Å². The van der Waals surface area contributed by atoms with Gasteiger partial charge in [0.05, 0.1) is 39.1 Å². The largest absolute Gasteiger partial charge is 0.379 e. The summed E-state index contributed by atoms with van der Waals surface area (Å²) < 4.78 is 21.3. The van der Waals surface area contributed by atoms with Gasteiger partial charge in [0.25, 0.3) is 0 Å². The fourth-order valence-electron chi connectivity index (χ4n) is 4.79. The van der Waals surface area contributed by atoms with E-state index in [1.54, 1.807) is 19.3 Å². The second kappa shape index (κ2) is 28.5. The maximum Gasteiger partial charge on any atom is 0.246 e. The molecule has 1 aliphatic heterocycles. The van der Waals surface area contributed by atoms with Crippen molar-refractivity contribution in [2.24, 2.45) is 10.9 Å². The molecule has 49 heavy (non-hydrogen) atoms. The lowest BCUT2D eigenvalue weighted by atomic mass is 9.89. The third-order valence-electron chi connectivity index (χ3n) is 7.73. The van der Waals surface area contributed by atoms with Crippen LogP contribution in [0.15, 0.2) is 16.8 Å². The molecule has 1 unspecified atom stereocenters. The molecule has 0 bridgehead atoms. The molecule has 0 saturated carbocycles. The zero-order chi connectivity index (χ0) is 36.1. The molecule has 2 atom stereocenters. The van der Waals surface area contributed by atoms with E-state index in [-0.39, 0.29) is 80.3 Å². The fraction of sp³-hybridized carbons (Fsp3) is 0.743. The number of amides is 3. The standard InChI is InChI=1S/C35H58N4O10/c1-4-30(40)10-8-17-46-19-21-48-26-35(45)38-16-18-47-20-22-49-25-34(44)37-14-7-6-9-29(31(41)5-2)11-12-32(42)27(3)39-33(43)23-28-13-15-36-24-28/h15,24,27,29H,4-14,16-23,25-26H2,1-3H3,(H,37,44)(H,38,45)(H,39,43)/t27?,29-/m1/s1. The summed E-state index contributed by atoms with van der Waals surface area (Å²) in [6, 6.07) is -0.617. The summed E-state index contributed by atoms with van der Waals surface area (Å²) in [6.07, 6.45) is 9.11. The first-order chi connectivity index (χ1) is 23.7. The van der Waals surface area contributed by atoms with Gasteiger partial charge in [-0.15, -0.1) is 0 Å². The molecule has 1 rings (SSSR count). The quantitative estimate of drug-likeness (QED) is 0.0883. The van der Waals surface area contributed by atoms with Gasteiger partial charge in [-0.05, 0) is 38.2 Å². The molecule has 0 radical (unpaired) electrons. The fourth-order valence-corrected chi connectivity index (χ4v) is 4.79. The highest BCUT2D eigenvalue weighted by atomic mass is 16.5. The zero-order valence-electron chi connectivity index (χ0n) is 29.7. The molecule has 3 amide bonds. The van der Waals surface area contributed by atoms with Crippen molar-refractivity contribution < 1.29 is 47.7 Å². The Balaban J connectivity index is 2.02. The van der Waals surface area contributed by atoms with Crippen molar-refractivity contribution in [2.45, 2.75) is 97.4 Å². The Morgan fingerprint density at radius 1 is 0.714 bits per heavy atom. The van der Waals surface area contributed by atoms with Crippen LogP contribution in [-0.4, -0.2) is 113 Å². The number of hydrogen-bond acceptors (Lipinski definition) is 11. The van der Waals surface area contributed by atoms with E-state index in [9.17, 15) is 28.8 Å². The maximum absolute atomic E-state index is 12.6. The molecule has 0 saturated heterocycles. The summed E-state index contributed by atoms with van der Waals surface area (Å²) in [5.74, 6) is -0.722. The number of unbranched alkanes of at least 4 members (excludes halogenated alkanes) is 1. The van der Waals surface area contributed by atoms with Gasteiger partial charge in [-0.1, -0.05) is 20.3 Å². The maximum atomic E-state index is 12.6. The average molecular weight is 695 g/mol. The van der Waals surface area contributed by atoms with Crippen molar-refractivity contribution in [1.82, 2.24) is 16.0 Å². The lowest BCUT2D eigenvalue weighted by Crippen LogP contribution is -2.38. The Labute approximate surface area is 290 Å². The predicted octanol–water partition coefficient (Wildman–Crippen LogP) is 2.41. The van der Waals surface area contributed by atoms with E-state index in [1.165, 1.54) is 0 Å². The highest BCUT2D eigenvalue weighted by molar-refractivity contribution is 5.90. The van der Waals surface area contributed by atoms with E-state index in [0.29, 0.717) is 90.9 Å². The second-order valence-electron chi connectivity index (χ2n) is 11.8. The number of ketones is 3. The third-order valence-corrected chi connectivity index (χ3v) is 7.73. The number of carbonyl (C=O) groups excluding carboxylic acids is 6. The minimum atomic E-state index is -0.617. The summed E-state index contributed by atoms with van der Waals surface area (Å²) in [4.78, 5) is 76.3. The van der Waals surface area contributed by atoms with Gasteiger partial charge >= 0.3 is 0 Å². The van der Waals surface area contributed by atoms with Crippen LogP contribution in [-0.2, 0) is 47.7 Å². The van der Waals surface area contributed by atoms with E-state index < -0.39 is 6.04 Å². The smallest absolute Gasteiger partial charge is 0.246 e. The molecular weight excluding hydrogens is 636 g/mol. The van der Waals surface area contributed by atoms with Gasteiger partial charge in [0.15, 0.2) is 5.78 Å². The number of Topliss-reactive ketones (excluding diaryl/α,β-unsaturated/α-hetero) is 3. The first-order valence-corrected chi connectivity index (χ1v) is 17.6. The first kappa shape index (κ1) is 43.7.